The molecule has 0 saturated carbocycles. The Hall–Kier alpha value is -4.16. The Bertz CT molecular complexity index is 1690. The molecule has 1 heterocycles. The number of carbonyl (C=O) groups is 2. The van der Waals surface area contributed by atoms with Crippen molar-refractivity contribution in [1.29, 1.82) is 0 Å². The standard InChI is InChI=1S/C28H29N3O7S2/c1-5-31(20-10-8-7-9-11-20)40(34,35)21-14-12-19(13-15-21)27(33)29-28-30(18-26(32)38-6-2)22-16-23(36-3)24(37-4)17-25(22)39-28/h7-17H,5-6,18H2,1-4H3. The number of aromatic nitrogens is 1. The van der Waals surface area contributed by atoms with E-state index in [1.54, 1.807) is 54.8 Å². The van der Waals surface area contributed by atoms with Gasteiger partial charge in [0.05, 0.1) is 41.6 Å². The number of ether oxygens (including phenoxy) is 3. The molecule has 1 aromatic heterocycles. The molecule has 0 atom stereocenters. The van der Waals surface area contributed by atoms with Crippen molar-refractivity contribution in [1.82, 2.24) is 4.57 Å². The van der Waals surface area contributed by atoms with Crippen LogP contribution in [0.5, 0.6) is 11.5 Å². The molecule has 1 amide bonds. The van der Waals surface area contributed by atoms with Gasteiger partial charge in [-0.25, -0.2) is 8.42 Å². The number of amides is 1. The Labute approximate surface area is 236 Å². The van der Waals surface area contributed by atoms with Crippen molar-refractivity contribution in [2.24, 2.45) is 4.99 Å². The molecular formula is C28H29N3O7S2. The number of fused-ring (bicyclic) bond motifs is 1. The molecule has 0 saturated heterocycles. The van der Waals surface area contributed by atoms with Crippen LogP contribution in [0, 0.1) is 0 Å². The van der Waals surface area contributed by atoms with Gasteiger partial charge in [0.1, 0.15) is 6.54 Å². The first-order chi connectivity index (χ1) is 19.2. The minimum atomic E-state index is -3.85. The molecule has 0 aliphatic carbocycles. The van der Waals surface area contributed by atoms with Crippen molar-refractivity contribution in [3.8, 4) is 11.5 Å². The third-order valence-electron chi connectivity index (χ3n) is 6.00. The first-order valence-corrected chi connectivity index (χ1v) is 14.7. The van der Waals surface area contributed by atoms with Crippen LogP contribution in [0.25, 0.3) is 10.2 Å². The van der Waals surface area contributed by atoms with E-state index in [1.165, 1.54) is 54.1 Å². The van der Waals surface area contributed by atoms with E-state index in [0.717, 1.165) is 4.70 Å². The lowest BCUT2D eigenvalue weighted by molar-refractivity contribution is -0.143. The fourth-order valence-corrected chi connectivity index (χ4v) is 6.62. The number of para-hydroxylation sites is 1. The van der Waals surface area contributed by atoms with Crippen LogP contribution in [0.2, 0.25) is 0 Å². The zero-order valence-corrected chi connectivity index (χ0v) is 24.1. The smallest absolute Gasteiger partial charge is 0.326 e. The summed E-state index contributed by atoms with van der Waals surface area (Å²) in [6, 6.07) is 17.9. The van der Waals surface area contributed by atoms with Crippen molar-refractivity contribution >= 4 is 49.1 Å². The van der Waals surface area contributed by atoms with Gasteiger partial charge < -0.3 is 18.8 Å². The van der Waals surface area contributed by atoms with E-state index in [1.807, 2.05) is 6.07 Å². The summed E-state index contributed by atoms with van der Waals surface area (Å²) >= 11 is 1.20. The number of carbonyl (C=O) groups excluding carboxylic acids is 2. The van der Waals surface area contributed by atoms with Crippen LogP contribution < -0.4 is 18.6 Å². The topological polar surface area (TPSA) is 117 Å². The van der Waals surface area contributed by atoms with Gasteiger partial charge in [0, 0.05) is 24.2 Å². The van der Waals surface area contributed by atoms with Crippen LogP contribution in [0.3, 0.4) is 0 Å². The largest absolute Gasteiger partial charge is 0.493 e. The Morgan fingerprint density at radius 3 is 2.20 bits per heavy atom. The molecule has 0 aliphatic heterocycles. The molecule has 0 unspecified atom stereocenters. The molecular weight excluding hydrogens is 554 g/mol. The summed E-state index contributed by atoms with van der Waals surface area (Å²) in [7, 11) is -0.828. The summed E-state index contributed by atoms with van der Waals surface area (Å²) in [6.45, 7) is 3.74. The molecule has 40 heavy (non-hydrogen) atoms. The Morgan fingerprint density at radius 2 is 1.60 bits per heavy atom. The quantitative estimate of drug-likeness (QED) is 0.256. The molecule has 3 aromatic carbocycles. The lowest BCUT2D eigenvalue weighted by atomic mass is 10.2. The summed E-state index contributed by atoms with van der Waals surface area (Å²) in [6.07, 6.45) is 0. The second-order valence-electron chi connectivity index (χ2n) is 8.40. The van der Waals surface area contributed by atoms with Gasteiger partial charge >= 0.3 is 5.97 Å². The van der Waals surface area contributed by atoms with Crippen molar-refractivity contribution in [3.63, 3.8) is 0 Å². The maximum atomic E-state index is 13.3. The second kappa shape index (κ2) is 12.3. The number of benzene rings is 3. The molecule has 0 radical (unpaired) electrons. The average molecular weight is 584 g/mol. The zero-order valence-electron chi connectivity index (χ0n) is 22.5. The number of methoxy groups -OCH3 is 2. The van der Waals surface area contributed by atoms with Crippen LogP contribution in [0.15, 0.2) is 76.6 Å². The minimum Gasteiger partial charge on any atom is -0.493 e. The second-order valence-corrected chi connectivity index (χ2v) is 11.3. The van der Waals surface area contributed by atoms with Gasteiger partial charge in [-0.05, 0) is 50.2 Å². The molecule has 4 rings (SSSR count). The van der Waals surface area contributed by atoms with Gasteiger partial charge in [-0.15, -0.1) is 0 Å². The van der Waals surface area contributed by atoms with Crippen molar-refractivity contribution in [2.45, 2.75) is 25.3 Å². The van der Waals surface area contributed by atoms with Gasteiger partial charge in [0.15, 0.2) is 16.3 Å². The monoisotopic (exact) mass is 583 g/mol. The van der Waals surface area contributed by atoms with Gasteiger partial charge in [-0.3, -0.25) is 13.9 Å². The number of hydrogen-bond acceptors (Lipinski definition) is 8. The highest BCUT2D eigenvalue weighted by molar-refractivity contribution is 7.92. The Morgan fingerprint density at radius 1 is 0.950 bits per heavy atom. The SMILES string of the molecule is CCOC(=O)Cn1c(=NC(=O)c2ccc(S(=O)(=O)N(CC)c3ccccc3)cc2)sc2cc(OC)c(OC)cc21. The van der Waals surface area contributed by atoms with Crippen LogP contribution in [-0.4, -0.2) is 52.2 Å². The van der Waals surface area contributed by atoms with E-state index in [-0.39, 0.29) is 35.0 Å². The third-order valence-corrected chi connectivity index (χ3v) is 8.96. The summed E-state index contributed by atoms with van der Waals surface area (Å²) in [5.41, 5.74) is 1.35. The number of sulfonamides is 1. The first-order valence-electron chi connectivity index (χ1n) is 12.4. The molecule has 4 aromatic rings. The highest BCUT2D eigenvalue weighted by atomic mass is 32.2. The number of thiazole rings is 1. The van der Waals surface area contributed by atoms with Crippen molar-refractivity contribution in [2.75, 3.05) is 31.7 Å². The summed E-state index contributed by atoms with van der Waals surface area (Å²) < 4.78 is 46.1. The predicted octanol–water partition coefficient (Wildman–Crippen LogP) is 4.24. The fraction of sp³-hybridized carbons (Fsp3) is 0.250. The molecule has 0 fully saturated rings. The van der Waals surface area contributed by atoms with Crippen LogP contribution >= 0.6 is 11.3 Å². The zero-order chi connectivity index (χ0) is 28.9. The number of hydrogen-bond donors (Lipinski definition) is 0. The van der Waals surface area contributed by atoms with Crippen LogP contribution in [0.4, 0.5) is 5.69 Å². The van der Waals surface area contributed by atoms with Gasteiger partial charge in [0.25, 0.3) is 15.9 Å². The van der Waals surface area contributed by atoms with E-state index < -0.39 is 21.9 Å². The highest BCUT2D eigenvalue weighted by Gasteiger charge is 2.24. The molecule has 0 spiro atoms. The summed E-state index contributed by atoms with van der Waals surface area (Å²) in [5, 5.41) is 0. The van der Waals surface area contributed by atoms with Crippen molar-refractivity contribution < 1.29 is 32.2 Å². The molecule has 0 N–H and O–H groups in total. The highest BCUT2D eigenvalue weighted by Crippen LogP contribution is 2.33. The number of esters is 1. The normalized spacial score (nSPS) is 11.8. The van der Waals surface area contributed by atoms with E-state index in [9.17, 15) is 18.0 Å². The molecule has 10 nitrogen and oxygen atoms in total. The molecule has 0 aliphatic rings. The van der Waals surface area contributed by atoms with Crippen molar-refractivity contribution in [3.05, 3.63) is 77.1 Å². The van der Waals surface area contributed by atoms with Gasteiger partial charge in [-0.2, -0.15) is 4.99 Å². The van der Waals surface area contributed by atoms with Gasteiger partial charge in [-0.1, -0.05) is 29.5 Å². The maximum Gasteiger partial charge on any atom is 0.326 e. The Balaban J connectivity index is 1.72. The molecule has 0 bridgehead atoms. The molecule has 210 valence electrons. The maximum absolute atomic E-state index is 13.3. The fourth-order valence-electron chi connectivity index (χ4n) is 4.10. The number of anilines is 1. The van der Waals surface area contributed by atoms with Crippen LogP contribution in [0.1, 0.15) is 24.2 Å². The third kappa shape index (κ3) is 5.87. The molecule has 12 heteroatoms. The van der Waals surface area contributed by atoms with E-state index in [0.29, 0.717) is 22.7 Å². The predicted molar refractivity (Wildman–Crippen MR) is 153 cm³/mol. The number of nitrogens with zero attached hydrogens (tertiary/aromatic N) is 3. The minimum absolute atomic E-state index is 0.0492. The van der Waals surface area contributed by atoms with E-state index in [4.69, 9.17) is 14.2 Å². The Kier molecular flexibility index (Phi) is 8.90. The lowest BCUT2D eigenvalue weighted by Gasteiger charge is -2.22. The first kappa shape index (κ1) is 28.8. The van der Waals surface area contributed by atoms with E-state index >= 15 is 0 Å². The lowest BCUT2D eigenvalue weighted by Crippen LogP contribution is -2.30. The summed E-state index contributed by atoms with van der Waals surface area (Å²) in [4.78, 5) is 30.1. The number of rotatable bonds is 10. The van der Waals surface area contributed by atoms with Crippen LogP contribution in [-0.2, 0) is 26.1 Å². The van der Waals surface area contributed by atoms with E-state index in [2.05, 4.69) is 4.99 Å². The average Bonchev–Trinajstić information content (AvgIpc) is 3.28. The van der Waals surface area contributed by atoms with Gasteiger partial charge in [0.2, 0.25) is 0 Å². The summed E-state index contributed by atoms with van der Waals surface area (Å²) in [5.74, 6) is -0.135.